The van der Waals surface area contributed by atoms with E-state index in [-0.39, 0.29) is 11.5 Å². The molecule has 29 heavy (non-hydrogen) atoms. The molecular weight excluding hydrogens is 373 g/mol. The van der Waals surface area contributed by atoms with Crippen molar-refractivity contribution in [1.82, 2.24) is 10.1 Å². The average molecular weight is 389 g/mol. The highest BCUT2D eigenvalue weighted by Gasteiger charge is 2.18. The second-order valence-corrected chi connectivity index (χ2v) is 6.10. The molecule has 0 radical (unpaired) electrons. The molecule has 4 aromatic rings. The predicted molar refractivity (Wildman–Crippen MR) is 106 cm³/mol. The first-order chi connectivity index (χ1) is 14.2. The smallest absolute Gasteiger partial charge is 0.260 e. The van der Waals surface area contributed by atoms with Gasteiger partial charge in [-0.25, -0.2) is 4.39 Å². The Kier molecular flexibility index (Phi) is 5.03. The van der Waals surface area contributed by atoms with E-state index >= 15 is 0 Å². The summed E-state index contributed by atoms with van der Waals surface area (Å²) in [6, 6.07) is 20.0. The molecule has 0 saturated carbocycles. The Labute approximate surface area is 166 Å². The molecular formula is C22H16FN3O3. The van der Waals surface area contributed by atoms with Crippen LogP contribution < -0.4 is 10.1 Å². The minimum atomic E-state index is -0.598. The zero-order chi connectivity index (χ0) is 20.2. The summed E-state index contributed by atoms with van der Waals surface area (Å²) in [4.78, 5) is 16.9. The molecule has 0 aliphatic carbocycles. The first-order valence-corrected chi connectivity index (χ1v) is 8.80. The summed E-state index contributed by atoms with van der Waals surface area (Å²) in [7, 11) is 1.56. The Morgan fingerprint density at radius 2 is 1.66 bits per heavy atom. The number of amides is 1. The summed E-state index contributed by atoms with van der Waals surface area (Å²) < 4.78 is 24.7. The molecule has 0 bridgehead atoms. The van der Waals surface area contributed by atoms with Crippen molar-refractivity contribution in [3.8, 4) is 28.6 Å². The first-order valence-electron chi connectivity index (χ1n) is 8.80. The normalized spacial score (nSPS) is 10.6. The van der Waals surface area contributed by atoms with Crippen molar-refractivity contribution < 1.29 is 18.4 Å². The van der Waals surface area contributed by atoms with Crippen LogP contribution in [-0.4, -0.2) is 23.2 Å². The molecule has 1 amide bonds. The number of halogens is 1. The predicted octanol–water partition coefficient (Wildman–Crippen LogP) is 4.80. The lowest BCUT2D eigenvalue weighted by atomic mass is 10.1. The topological polar surface area (TPSA) is 77.3 Å². The number of ether oxygens (including phenoxy) is 1. The number of methoxy groups -OCH3 is 1. The molecule has 0 atom stereocenters. The van der Waals surface area contributed by atoms with E-state index in [1.165, 1.54) is 18.2 Å². The number of carbonyl (C=O) groups is 1. The van der Waals surface area contributed by atoms with Crippen molar-refractivity contribution in [2.45, 2.75) is 0 Å². The van der Waals surface area contributed by atoms with Gasteiger partial charge in [-0.3, -0.25) is 4.79 Å². The minimum absolute atomic E-state index is 0.0532. The molecule has 0 fully saturated rings. The van der Waals surface area contributed by atoms with Crippen molar-refractivity contribution in [1.29, 1.82) is 0 Å². The van der Waals surface area contributed by atoms with Crippen LogP contribution in [-0.2, 0) is 0 Å². The second-order valence-electron chi connectivity index (χ2n) is 6.10. The fourth-order valence-corrected chi connectivity index (χ4v) is 2.89. The summed E-state index contributed by atoms with van der Waals surface area (Å²) in [5.74, 6) is 0.0164. The van der Waals surface area contributed by atoms with Crippen LogP contribution in [0.1, 0.15) is 10.4 Å². The standard InChI is InChI=1S/C22H16FN3O3/c1-28-19-13-7-4-10-16(19)20-25-22(29-26-20)15-9-3-6-12-18(15)24-21(27)14-8-2-5-11-17(14)23/h2-13H,1H3,(H,24,27). The van der Waals surface area contributed by atoms with Crippen LogP contribution in [0.25, 0.3) is 22.8 Å². The van der Waals surface area contributed by atoms with E-state index in [1.54, 1.807) is 43.5 Å². The van der Waals surface area contributed by atoms with Gasteiger partial charge in [-0.1, -0.05) is 41.6 Å². The molecule has 144 valence electrons. The van der Waals surface area contributed by atoms with Gasteiger partial charge in [-0.05, 0) is 36.4 Å². The molecule has 7 heteroatoms. The number of rotatable bonds is 5. The highest BCUT2D eigenvalue weighted by Crippen LogP contribution is 2.32. The van der Waals surface area contributed by atoms with E-state index in [1.807, 2.05) is 18.2 Å². The van der Waals surface area contributed by atoms with Crippen LogP contribution in [0.2, 0.25) is 0 Å². The lowest BCUT2D eigenvalue weighted by Gasteiger charge is -2.09. The van der Waals surface area contributed by atoms with Gasteiger partial charge in [0.15, 0.2) is 0 Å². The third-order valence-corrected chi connectivity index (χ3v) is 4.30. The van der Waals surface area contributed by atoms with E-state index in [9.17, 15) is 9.18 Å². The maximum Gasteiger partial charge on any atom is 0.260 e. The maximum absolute atomic E-state index is 13.9. The molecule has 1 N–H and O–H groups in total. The summed E-state index contributed by atoms with van der Waals surface area (Å²) in [5.41, 5.74) is 1.57. The Morgan fingerprint density at radius 1 is 0.966 bits per heavy atom. The van der Waals surface area contributed by atoms with Crippen molar-refractivity contribution in [2.75, 3.05) is 12.4 Å². The van der Waals surface area contributed by atoms with Gasteiger partial charge in [0, 0.05) is 0 Å². The van der Waals surface area contributed by atoms with E-state index in [4.69, 9.17) is 9.26 Å². The fraction of sp³-hybridized carbons (Fsp3) is 0.0455. The van der Waals surface area contributed by atoms with Crippen LogP contribution in [0.5, 0.6) is 5.75 Å². The zero-order valence-corrected chi connectivity index (χ0v) is 15.4. The number of hydrogen-bond acceptors (Lipinski definition) is 5. The van der Waals surface area contributed by atoms with Crippen LogP contribution >= 0.6 is 0 Å². The molecule has 0 saturated heterocycles. The summed E-state index contributed by atoms with van der Waals surface area (Å²) in [6.45, 7) is 0. The molecule has 0 spiro atoms. The Balaban J connectivity index is 1.67. The van der Waals surface area contributed by atoms with Crippen LogP contribution in [0.15, 0.2) is 77.3 Å². The highest BCUT2D eigenvalue weighted by molar-refractivity contribution is 6.06. The average Bonchev–Trinajstić information content (AvgIpc) is 3.24. The lowest BCUT2D eigenvalue weighted by molar-refractivity contribution is 0.102. The van der Waals surface area contributed by atoms with Gasteiger partial charge in [0.1, 0.15) is 11.6 Å². The first kappa shape index (κ1) is 18.4. The highest BCUT2D eigenvalue weighted by atomic mass is 19.1. The van der Waals surface area contributed by atoms with Gasteiger partial charge in [0.25, 0.3) is 11.8 Å². The number of carbonyl (C=O) groups excluding carboxylic acids is 1. The summed E-state index contributed by atoms with van der Waals surface area (Å²) in [5, 5.41) is 6.73. The van der Waals surface area contributed by atoms with E-state index < -0.39 is 11.7 Å². The van der Waals surface area contributed by atoms with E-state index in [0.717, 1.165) is 0 Å². The number of benzene rings is 3. The Bertz CT molecular complexity index is 1170. The van der Waals surface area contributed by atoms with Gasteiger partial charge in [0.2, 0.25) is 5.82 Å². The quantitative estimate of drug-likeness (QED) is 0.530. The maximum atomic E-state index is 13.9. The van der Waals surface area contributed by atoms with E-state index in [0.29, 0.717) is 28.4 Å². The number of hydrogen-bond donors (Lipinski definition) is 1. The molecule has 1 heterocycles. The lowest BCUT2D eigenvalue weighted by Crippen LogP contribution is -2.14. The molecule has 6 nitrogen and oxygen atoms in total. The van der Waals surface area contributed by atoms with Crippen molar-refractivity contribution >= 4 is 11.6 Å². The largest absolute Gasteiger partial charge is 0.496 e. The monoisotopic (exact) mass is 389 g/mol. The zero-order valence-electron chi connectivity index (χ0n) is 15.4. The van der Waals surface area contributed by atoms with Gasteiger partial charge >= 0.3 is 0 Å². The number of anilines is 1. The van der Waals surface area contributed by atoms with Crippen LogP contribution in [0, 0.1) is 5.82 Å². The van der Waals surface area contributed by atoms with Crippen molar-refractivity contribution in [2.24, 2.45) is 0 Å². The summed E-state index contributed by atoms with van der Waals surface area (Å²) >= 11 is 0. The van der Waals surface area contributed by atoms with E-state index in [2.05, 4.69) is 15.5 Å². The summed E-state index contributed by atoms with van der Waals surface area (Å²) in [6.07, 6.45) is 0. The molecule has 3 aromatic carbocycles. The third kappa shape index (κ3) is 3.70. The van der Waals surface area contributed by atoms with Crippen LogP contribution in [0.3, 0.4) is 0 Å². The third-order valence-electron chi connectivity index (χ3n) is 4.30. The van der Waals surface area contributed by atoms with Gasteiger partial charge in [0.05, 0.1) is 29.5 Å². The van der Waals surface area contributed by atoms with Crippen molar-refractivity contribution in [3.05, 3.63) is 84.2 Å². The number of aromatic nitrogens is 2. The fourth-order valence-electron chi connectivity index (χ4n) is 2.89. The minimum Gasteiger partial charge on any atom is -0.496 e. The number of nitrogens with zero attached hydrogens (tertiary/aromatic N) is 2. The van der Waals surface area contributed by atoms with Crippen LogP contribution in [0.4, 0.5) is 10.1 Å². The molecule has 0 aliphatic heterocycles. The van der Waals surface area contributed by atoms with Gasteiger partial charge in [-0.15, -0.1) is 0 Å². The number of nitrogens with one attached hydrogen (secondary N) is 1. The Hall–Kier alpha value is -4.00. The Morgan fingerprint density at radius 3 is 2.45 bits per heavy atom. The SMILES string of the molecule is COc1ccccc1-c1noc(-c2ccccc2NC(=O)c2ccccc2F)n1. The van der Waals surface area contributed by atoms with Gasteiger partial charge < -0.3 is 14.6 Å². The molecule has 4 rings (SSSR count). The number of para-hydroxylation sites is 2. The molecule has 0 aliphatic rings. The molecule has 0 unspecified atom stereocenters. The van der Waals surface area contributed by atoms with Gasteiger partial charge in [-0.2, -0.15) is 4.98 Å². The molecule has 1 aromatic heterocycles. The van der Waals surface area contributed by atoms with Crippen molar-refractivity contribution in [3.63, 3.8) is 0 Å². The second kappa shape index (κ2) is 7.93.